The van der Waals surface area contributed by atoms with Gasteiger partial charge in [0.1, 0.15) is 0 Å². The van der Waals surface area contributed by atoms with Gasteiger partial charge in [0.25, 0.3) is 5.69 Å². The largest absolute Gasteiger partial charge is 0.501 e. The summed E-state index contributed by atoms with van der Waals surface area (Å²) in [6, 6.07) is 4.50. The molecule has 102 valence electrons. The number of rotatable bonds is 2. The van der Waals surface area contributed by atoms with Gasteiger partial charge in [0, 0.05) is 11.8 Å². The number of hydrogen-bond acceptors (Lipinski definition) is 5. The number of nitro groups is 1. The highest BCUT2D eigenvalue weighted by Gasteiger charge is 2.53. The Balaban J connectivity index is 2.42. The molecule has 6 nitrogen and oxygen atoms in total. The van der Waals surface area contributed by atoms with Crippen LogP contribution in [0.25, 0.3) is 0 Å². The fourth-order valence-corrected chi connectivity index (χ4v) is 1.89. The second-order valence-corrected chi connectivity index (χ2v) is 5.66. The lowest BCUT2D eigenvalue weighted by Gasteiger charge is -2.32. The van der Waals surface area contributed by atoms with Crippen LogP contribution in [0.4, 0.5) is 11.4 Å². The quantitative estimate of drug-likeness (QED) is 0.378. The van der Waals surface area contributed by atoms with E-state index in [1.165, 1.54) is 6.07 Å². The zero-order chi connectivity index (χ0) is 14.4. The number of hydrogen-bond donors (Lipinski definition) is 1. The molecule has 1 heterocycles. The molecule has 1 aromatic carbocycles. The average molecular weight is 264 g/mol. The SMILES string of the molecule is CC1(C)OB(c2ccc(N)cc2[N+](=O)[O-])OC1(C)C. The van der Waals surface area contributed by atoms with Crippen molar-refractivity contribution >= 4 is 24.0 Å². The predicted octanol–water partition coefficient (Wildman–Crippen LogP) is 1.48. The van der Waals surface area contributed by atoms with E-state index >= 15 is 0 Å². The van der Waals surface area contributed by atoms with Crippen LogP contribution in [0.2, 0.25) is 0 Å². The fourth-order valence-electron chi connectivity index (χ4n) is 1.89. The van der Waals surface area contributed by atoms with Crippen LogP contribution in [0.3, 0.4) is 0 Å². The number of anilines is 1. The molecule has 1 fully saturated rings. The molecular weight excluding hydrogens is 247 g/mol. The number of benzene rings is 1. The smallest absolute Gasteiger partial charge is 0.399 e. The summed E-state index contributed by atoms with van der Waals surface area (Å²) in [7, 11) is -0.758. The van der Waals surface area contributed by atoms with Crippen LogP contribution in [0, 0.1) is 10.1 Å². The molecular formula is C12H17BN2O4. The third-order valence-corrected chi connectivity index (χ3v) is 3.76. The Morgan fingerprint density at radius 2 is 1.74 bits per heavy atom. The van der Waals surface area contributed by atoms with Crippen molar-refractivity contribution in [3.8, 4) is 0 Å². The first-order valence-corrected chi connectivity index (χ1v) is 6.03. The van der Waals surface area contributed by atoms with E-state index in [4.69, 9.17) is 15.0 Å². The van der Waals surface area contributed by atoms with Crippen molar-refractivity contribution in [2.24, 2.45) is 0 Å². The standard InChI is InChI=1S/C12H17BN2O4/c1-11(2)12(3,4)19-13(18-11)9-6-5-8(14)7-10(9)15(16)17/h5-7H,14H2,1-4H3. The Morgan fingerprint density at radius 3 is 2.21 bits per heavy atom. The molecule has 1 aliphatic rings. The van der Waals surface area contributed by atoms with Crippen molar-refractivity contribution < 1.29 is 14.2 Å². The molecule has 2 rings (SSSR count). The summed E-state index contributed by atoms with van der Waals surface area (Å²) in [5, 5.41) is 11.1. The number of nitrogens with zero attached hydrogens (tertiary/aromatic N) is 1. The zero-order valence-electron chi connectivity index (χ0n) is 11.5. The van der Waals surface area contributed by atoms with Crippen LogP contribution < -0.4 is 11.2 Å². The first kappa shape index (κ1) is 13.8. The Morgan fingerprint density at radius 1 is 1.21 bits per heavy atom. The lowest BCUT2D eigenvalue weighted by Crippen LogP contribution is -2.41. The van der Waals surface area contributed by atoms with Crippen molar-refractivity contribution in [3.63, 3.8) is 0 Å². The maximum absolute atomic E-state index is 11.1. The molecule has 1 saturated heterocycles. The van der Waals surface area contributed by atoms with E-state index < -0.39 is 23.2 Å². The highest BCUT2D eigenvalue weighted by atomic mass is 16.7. The van der Waals surface area contributed by atoms with Gasteiger partial charge in [-0.1, -0.05) is 6.07 Å². The molecule has 0 amide bonds. The molecule has 1 aliphatic heterocycles. The van der Waals surface area contributed by atoms with Gasteiger partial charge in [0.15, 0.2) is 0 Å². The first-order chi connectivity index (χ1) is 8.64. The second-order valence-electron chi connectivity index (χ2n) is 5.66. The van der Waals surface area contributed by atoms with Gasteiger partial charge in [0.05, 0.1) is 21.6 Å². The van der Waals surface area contributed by atoms with Crippen LogP contribution in [-0.2, 0) is 9.31 Å². The van der Waals surface area contributed by atoms with Crippen molar-refractivity contribution in [1.29, 1.82) is 0 Å². The van der Waals surface area contributed by atoms with Crippen LogP contribution in [0.5, 0.6) is 0 Å². The lowest BCUT2D eigenvalue weighted by atomic mass is 9.77. The molecule has 0 atom stereocenters. The second kappa shape index (κ2) is 4.21. The number of nitro benzene ring substituents is 1. The van der Waals surface area contributed by atoms with E-state index in [1.807, 2.05) is 27.7 Å². The lowest BCUT2D eigenvalue weighted by molar-refractivity contribution is -0.383. The topological polar surface area (TPSA) is 87.6 Å². The Bertz CT molecular complexity index is 514. The summed E-state index contributed by atoms with van der Waals surface area (Å²) >= 11 is 0. The highest BCUT2D eigenvalue weighted by molar-refractivity contribution is 6.63. The average Bonchev–Trinajstić information content (AvgIpc) is 2.47. The molecule has 19 heavy (non-hydrogen) atoms. The summed E-state index contributed by atoms with van der Waals surface area (Å²) in [6.45, 7) is 7.60. The molecule has 0 aliphatic carbocycles. The van der Waals surface area contributed by atoms with Gasteiger partial charge < -0.3 is 15.0 Å². The van der Waals surface area contributed by atoms with Crippen molar-refractivity contribution in [3.05, 3.63) is 28.3 Å². The normalized spacial score (nSPS) is 20.5. The van der Waals surface area contributed by atoms with Gasteiger partial charge in [-0.25, -0.2) is 0 Å². The van der Waals surface area contributed by atoms with Crippen LogP contribution in [0.15, 0.2) is 18.2 Å². The van der Waals surface area contributed by atoms with E-state index in [-0.39, 0.29) is 5.69 Å². The van der Waals surface area contributed by atoms with Crippen molar-refractivity contribution in [2.75, 3.05) is 5.73 Å². The summed E-state index contributed by atoms with van der Waals surface area (Å²) in [5.74, 6) is 0. The molecule has 0 bridgehead atoms. The Labute approximate surface area is 112 Å². The third kappa shape index (κ3) is 2.31. The first-order valence-electron chi connectivity index (χ1n) is 6.03. The number of nitrogen functional groups attached to an aromatic ring is 1. The molecule has 1 aromatic rings. The minimum atomic E-state index is -0.758. The molecule has 0 spiro atoms. The summed E-state index contributed by atoms with van der Waals surface area (Å²) < 4.78 is 11.6. The van der Waals surface area contributed by atoms with Crippen LogP contribution in [0.1, 0.15) is 27.7 Å². The number of nitrogens with two attached hydrogens (primary N) is 1. The molecule has 2 N–H and O–H groups in total. The Kier molecular flexibility index (Phi) is 3.06. The molecule has 0 aromatic heterocycles. The summed E-state index contributed by atoms with van der Waals surface area (Å²) in [5.41, 5.74) is 5.16. The monoisotopic (exact) mass is 264 g/mol. The molecule has 0 radical (unpaired) electrons. The van der Waals surface area contributed by atoms with E-state index in [0.717, 1.165) is 0 Å². The van der Waals surface area contributed by atoms with Gasteiger partial charge in [-0.05, 0) is 33.8 Å². The van der Waals surface area contributed by atoms with Crippen LogP contribution in [-0.4, -0.2) is 23.2 Å². The van der Waals surface area contributed by atoms with Gasteiger partial charge in [-0.3, -0.25) is 10.1 Å². The van der Waals surface area contributed by atoms with Gasteiger partial charge in [-0.15, -0.1) is 0 Å². The summed E-state index contributed by atoms with van der Waals surface area (Å²) in [6.07, 6.45) is 0. The maximum Gasteiger partial charge on any atom is 0.501 e. The predicted molar refractivity (Wildman–Crippen MR) is 73.2 cm³/mol. The maximum atomic E-state index is 11.1. The fraction of sp³-hybridized carbons (Fsp3) is 0.500. The van der Waals surface area contributed by atoms with Crippen molar-refractivity contribution in [2.45, 2.75) is 38.9 Å². The van der Waals surface area contributed by atoms with E-state index in [0.29, 0.717) is 11.2 Å². The molecule has 7 heteroatoms. The molecule has 0 saturated carbocycles. The third-order valence-electron chi connectivity index (χ3n) is 3.76. The van der Waals surface area contributed by atoms with E-state index in [2.05, 4.69) is 0 Å². The van der Waals surface area contributed by atoms with Gasteiger partial charge in [-0.2, -0.15) is 0 Å². The minimum absolute atomic E-state index is 0.0847. The van der Waals surface area contributed by atoms with Crippen molar-refractivity contribution in [1.82, 2.24) is 0 Å². The van der Waals surface area contributed by atoms with Crippen LogP contribution >= 0.6 is 0 Å². The molecule has 0 unspecified atom stereocenters. The minimum Gasteiger partial charge on any atom is -0.399 e. The highest BCUT2D eigenvalue weighted by Crippen LogP contribution is 2.37. The Hall–Kier alpha value is -1.60. The zero-order valence-corrected chi connectivity index (χ0v) is 11.5. The van der Waals surface area contributed by atoms with E-state index in [9.17, 15) is 10.1 Å². The van der Waals surface area contributed by atoms with E-state index in [1.54, 1.807) is 12.1 Å². The van der Waals surface area contributed by atoms with Gasteiger partial charge in [0.2, 0.25) is 0 Å². The summed E-state index contributed by atoms with van der Waals surface area (Å²) in [4.78, 5) is 10.6. The van der Waals surface area contributed by atoms with Gasteiger partial charge >= 0.3 is 7.12 Å².